The molecule has 0 fully saturated rings. The fraction of sp³-hybridized carbons (Fsp3) is 0.769. The van der Waals surface area contributed by atoms with Gasteiger partial charge in [-0.15, -0.1) is 0 Å². The fourth-order valence-electron chi connectivity index (χ4n) is 3.91. The summed E-state index contributed by atoms with van der Waals surface area (Å²) in [4.78, 5) is 0. The third-order valence-corrected chi connectivity index (χ3v) is 5.76. The average molecular weight is 375 g/mol. The first-order valence-corrected chi connectivity index (χ1v) is 12.1. The van der Waals surface area contributed by atoms with Crippen molar-refractivity contribution in [2.75, 3.05) is 0 Å². The zero-order valence-corrected chi connectivity index (χ0v) is 18.4. The van der Waals surface area contributed by atoms with E-state index in [1.54, 1.807) is 0 Å². The Morgan fingerprint density at radius 3 is 1.52 bits per heavy atom. The predicted octanol–water partition coefficient (Wildman–Crippen LogP) is 8.76. The van der Waals surface area contributed by atoms with E-state index in [2.05, 4.69) is 26.0 Å². The van der Waals surface area contributed by atoms with E-state index in [1.165, 1.54) is 115 Å². The van der Waals surface area contributed by atoms with E-state index in [0.29, 0.717) is 5.75 Å². The van der Waals surface area contributed by atoms with Crippen molar-refractivity contribution in [2.45, 2.75) is 129 Å². The molecule has 1 rings (SSSR count). The number of phenols is 1. The second-order valence-electron chi connectivity index (χ2n) is 8.41. The molecule has 0 bridgehead atoms. The van der Waals surface area contributed by atoms with Gasteiger partial charge in [-0.2, -0.15) is 0 Å². The number of rotatable bonds is 18. The lowest BCUT2D eigenvalue weighted by Crippen LogP contribution is -1.92. The summed E-state index contributed by atoms with van der Waals surface area (Å²) in [7, 11) is 0. The fourth-order valence-corrected chi connectivity index (χ4v) is 3.91. The normalized spacial score (nSPS) is 11.2. The zero-order chi connectivity index (χ0) is 19.6. The standard InChI is InChI=1S/C26H46O/c1-3-5-7-9-11-12-13-14-15-17-19-24-21-22-26(27)25(23-24)20-18-16-10-8-6-4-2/h21-23,27H,3-20H2,1-2H3. The molecule has 0 aliphatic rings. The molecule has 1 heteroatoms. The summed E-state index contributed by atoms with van der Waals surface area (Å²) in [5.41, 5.74) is 2.57. The van der Waals surface area contributed by atoms with Crippen LogP contribution in [0.15, 0.2) is 18.2 Å². The molecule has 27 heavy (non-hydrogen) atoms. The molecule has 0 radical (unpaired) electrons. The molecule has 0 spiro atoms. The zero-order valence-electron chi connectivity index (χ0n) is 18.4. The molecule has 0 saturated heterocycles. The molecule has 0 heterocycles. The number of hydrogen-bond acceptors (Lipinski definition) is 1. The quantitative estimate of drug-likeness (QED) is 0.255. The van der Waals surface area contributed by atoms with Crippen LogP contribution in [0.1, 0.15) is 128 Å². The Kier molecular flexibility index (Phi) is 15.3. The number of hydrogen-bond donors (Lipinski definition) is 1. The van der Waals surface area contributed by atoms with E-state index < -0.39 is 0 Å². The van der Waals surface area contributed by atoms with Crippen molar-refractivity contribution < 1.29 is 5.11 Å². The van der Waals surface area contributed by atoms with Gasteiger partial charge in [0.25, 0.3) is 0 Å². The maximum atomic E-state index is 10.1. The first kappa shape index (κ1) is 24.1. The maximum absolute atomic E-state index is 10.1. The van der Waals surface area contributed by atoms with Crippen LogP contribution in [0.5, 0.6) is 5.75 Å². The highest BCUT2D eigenvalue weighted by Gasteiger charge is 2.03. The van der Waals surface area contributed by atoms with Crippen LogP contribution in [-0.2, 0) is 12.8 Å². The van der Waals surface area contributed by atoms with Gasteiger partial charge in [-0.3, -0.25) is 0 Å². The van der Waals surface area contributed by atoms with Gasteiger partial charge in [0, 0.05) is 0 Å². The van der Waals surface area contributed by atoms with Crippen LogP contribution in [-0.4, -0.2) is 5.11 Å². The van der Waals surface area contributed by atoms with Crippen LogP contribution in [0.4, 0.5) is 0 Å². The van der Waals surface area contributed by atoms with Gasteiger partial charge in [-0.05, 0) is 42.9 Å². The van der Waals surface area contributed by atoms with Gasteiger partial charge >= 0.3 is 0 Å². The Bertz CT molecular complexity index is 452. The molecule has 1 nitrogen and oxygen atoms in total. The number of aryl methyl sites for hydroxylation is 2. The molecule has 1 aromatic carbocycles. The Balaban J connectivity index is 2.11. The van der Waals surface area contributed by atoms with Crippen LogP contribution in [0.2, 0.25) is 0 Å². The van der Waals surface area contributed by atoms with Crippen molar-refractivity contribution in [3.63, 3.8) is 0 Å². The van der Waals surface area contributed by atoms with Crippen LogP contribution in [0.25, 0.3) is 0 Å². The minimum atomic E-state index is 0.496. The van der Waals surface area contributed by atoms with Gasteiger partial charge in [-0.1, -0.05) is 116 Å². The average Bonchev–Trinajstić information content (AvgIpc) is 2.68. The van der Waals surface area contributed by atoms with E-state index >= 15 is 0 Å². The van der Waals surface area contributed by atoms with Crippen LogP contribution in [0, 0.1) is 0 Å². The van der Waals surface area contributed by atoms with Crippen molar-refractivity contribution in [2.24, 2.45) is 0 Å². The highest BCUT2D eigenvalue weighted by Crippen LogP contribution is 2.22. The van der Waals surface area contributed by atoms with Gasteiger partial charge in [0.1, 0.15) is 5.75 Å². The van der Waals surface area contributed by atoms with Gasteiger partial charge in [-0.25, -0.2) is 0 Å². The highest BCUT2D eigenvalue weighted by molar-refractivity contribution is 5.36. The molecule has 0 aromatic heterocycles. The lowest BCUT2D eigenvalue weighted by atomic mass is 9.99. The minimum Gasteiger partial charge on any atom is -0.508 e. The number of unbranched alkanes of at least 4 members (excludes halogenated alkanes) is 14. The summed E-state index contributed by atoms with van der Waals surface area (Å²) in [6, 6.07) is 6.29. The summed E-state index contributed by atoms with van der Waals surface area (Å²) in [5, 5.41) is 10.1. The first-order valence-electron chi connectivity index (χ1n) is 12.1. The smallest absolute Gasteiger partial charge is 0.118 e. The summed E-state index contributed by atoms with van der Waals surface area (Å²) >= 11 is 0. The molecule has 0 unspecified atom stereocenters. The second kappa shape index (κ2) is 17.1. The SMILES string of the molecule is CCCCCCCCCCCCc1ccc(O)c(CCCCCCCC)c1. The van der Waals surface area contributed by atoms with E-state index in [9.17, 15) is 5.11 Å². The summed E-state index contributed by atoms with van der Waals surface area (Å²) in [6.07, 6.45) is 24.0. The van der Waals surface area contributed by atoms with E-state index in [1.807, 2.05) is 6.07 Å². The molecule has 0 aliphatic heterocycles. The number of phenolic OH excluding ortho intramolecular Hbond substituents is 1. The summed E-state index contributed by atoms with van der Waals surface area (Å²) in [5.74, 6) is 0.496. The maximum Gasteiger partial charge on any atom is 0.118 e. The lowest BCUT2D eigenvalue weighted by Gasteiger charge is -2.08. The second-order valence-corrected chi connectivity index (χ2v) is 8.41. The monoisotopic (exact) mass is 374 g/mol. The van der Waals surface area contributed by atoms with E-state index in [-0.39, 0.29) is 0 Å². The third-order valence-electron chi connectivity index (χ3n) is 5.76. The molecule has 0 saturated carbocycles. The van der Waals surface area contributed by atoms with Crippen molar-refractivity contribution in [1.29, 1.82) is 0 Å². The molecular formula is C26H46O. The number of benzene rings is 1. The molecule has 156 valence electrons. The third kappa shape index (κ3) is 12.9. The largest absolute Gasteiger partial charge is 0.508 e. The number of aromatic hydroxyl groups is 1. The summed E-state index contributed by atoms with van der Waals surface area (Å²) in [6.45, 7) is 4.55. The van der Waals surface area contributed by atoms with Crippen molar-refractivity contribution >= 4 is 0 Å². The molecule has 1 aromatic rings. The van der Waals surface area contributed by atoms with Gasteiger partial charge in [0.05, 0.1) is 0 Å². The molecule has 0 amide bonds. The Morgan fingerprint density at radius 1 is 0.556 bits per heavy atom. The first-order chi connectivity index (χ1) is 13.3. The molecule has 0 aliphatic carbocycles. The van der Waals surface area contributed by atoms with Crippen LogP contribution in [0.3, 0.4) is 0 Å². The van der Waals surface area contributed by atoms with Crippen molar-refractivity contribution in [3.8, 4) is 5.75 Å². The van der Waals surface area contributed by atoms with Crippen LogP contribution < -0.4 is 0 Å². The summed E-state index contributed by atoms with van der Waals surface area (Å²) < 4.78 is 0. The van der Waals surface area contributed by atoms with Gasteiger partial charge in [0.15, 0.2) is 0 Å². The highest BCUT2D eigenvalue weighted by atomic mass is 16.3. The lowest BCUT2D eigenvalue weighted by molar-refractivity contribution is 0.465. The molecular weight excluding hydrogens is 328 g/mol. The Morgan fingerprint density at radius 2 is 1.00 bits per heavy atom. The van der Waals surface area contributed by atoms with E-state index in [0.717, 1.165) is 12.0 Å². The predicted molar refractivity (Wildman–Crippen MR) is 121 cm³/mol. The van der Waals surface area contributed by atoms with Crippen molar-refractivity contribution in [1.82, 2.24) is 0 Å². The van der Waals surface area contributed by atoms with E-state index in [4.69, 9.17) is 0 Å². The van der Waals surface area contributed by atoms with Gasteiger partial charge < -0.3 is 5.11 Å². The Hall–Kier alpha value is -0.980. The molecule has 0 atom stereocenters. The topological polar surface area (TPSA) is 20.2 Å². The van der Waals surface area contributed by atoms with Gasteiger partial charge in [0.2, 0.25) is 0 Å². The van der Waals surface area contributed by atoms with Crippen LogP contribution >= 0.6 is 0 Å². The minimum absolute atomic E-state index is 0.496. The molecule has 1 N–H and O–H groups in total. The Labute approximate surface area is 170 Å². The van der Waals surface area contributed by atoms with Crippen molar-refractivity contribution in [3.05, 3.63) is 29.3 Å².